The maximum atomic E-state index is 13.3. The summed E-state index contributed by atoms with van der Waals surface area (Å²) in [6.07, 6.45) is 2.22. The summed E-state index contributed by atoms with van der Waals surface area (Å²) >= 11 is 0. The van der Waals surface area contributed by atoms with Crippen LogP contribution in [0.3, 0.4) is 0 Å². The summed E-state index contributed by atoms with van der Waals surface area (Å²) in [4.78, 5) is 2.13. The second kappa shape index (κ2) is 8.89. The molecule has 0 aliphatic carbocycles. The number of aliphatic hydroxyl groups is 1. The Labute approximate surface area is 108 Å². The molecule has 1 aromatic carbocycles. The van der Waals surface area contributed by atoms with Crippen molar-refractivity contribution in [2.45, 2.75) is 19.8 Å². The van der Waals surface area contributed by atoms with Crippen LogP contribution >= 0.6 is 0 Å². The largest absolute Gasteiger partial charge is 0.489 e. The van der Waals surface area contributed by atoms with Crippen LogP contribution in [0.2, 0.25) is 0 Å². The number of para-hydroxylation sites is 1. The highest BCUT2D eigenvalue weighted by atomic mass is 19.1. The third-order valence-electron chi connectivity index (χ3n) is 2.75. The van der Waals surface area contributed by atoms with Gasteiger partial charge in [0.15, 0.2) is 11.6 Å². The molecule has 0 heterocycles. The van der Waals surface area contributed by atoms with Gasteiger partial charge in [-0.2, -0.15) is 0 Å². The van der Waals surface area contributed by atoms with E-state index in [0.29, 0.717) is 19.7 Å². The number of unbranched alkanes of at least 4 members (excludes halogenated alkanes) is 1. The van der Waals surface area contributed by atoms with Gasteiger partial charge < -0.3 is 9.84 Å². The molecule has 0 aliphatic heterocycles. The average molecular weight is 255 g/mol. The minimum absolute atomic E-state index is 0.142. The van der Waals surface area contributed by atoms with Gasteiger partial charge >= 0.3 is 0 Å². The molecule has 0 amide bonds. The molecule has 0 atom stereocenters. The van der Waals surface area contributed by atoms with E-state index in [4.69, 9.17) is 9.84 Å². The van der Waals surface area contributed by atoms with Crippen molar-refractivity contribution in [3.63, 3.8) is 0 Å². The van der Waals surface area contributed by atoms with Crippen LogP contribution in [0.5, 0.6) is 5.75 Å². The van der Waals surface area contributed by atoms with E-state index in [1.165, 1.54) is 6.07 Å². The van der Waals surface area contributed by atoms with Crippen molar-refractivity contribution < 1.29 is 14.2 Å². The molecule has 18 heavy (non-hydrogen) atoms. The number of benzene rings is 1. The summed E-state index contributed by atoms with van der Waals surface area (Å²) in [6.45, 7) is 4.99. The van der Waals surface area contributed by atoms with Gasteiger partial charge in [-0.15, -0.1) is 0 Å². The van der Waals surface area contributed by atoms with Gasteiger partial charge in [0.05, 0.1) is 6.61 Å². The monoisotopic (exact) mass is 255 g/mol. The van der Waals surface area contributed by atoms with Crippen LogP contribution in [0.25, 0.3) is 0 Å². The highest BCUT2D eigenvalue weighted by Gasteiger charge is 2.05. The molecule has 102 valence electrons. The molecule has 0 aromatic heterocycles. The number of rotatable bonds is 9. The summed E-state index contributed by atoms with van der Waals surface area (Å²) < 4.78 is 18.7. The van der Waals surface area contributed by atoms with Crippen LogP contribution in [0.4, 0.5) is 4.39 Å². The summed E-state index contributed by atoms with van der Waals surface area (Å²) in [6, 6.07) is 6.40. The molecule has 0 saturated heterocycles. The van der Waals surface area contributed by atoms with Gasteiger partial charge in [-0.05, 0) is 25.1 Å². The lowest BCUT2D eigenvalue weighted by Gasteiger charge is -2.21. The zero-order chi connectivity index (χ0) is 13.2. The van der Waals surface area contributed by atoms with Crippen molar-refractivity contribution >= 4 is 0 Å². The van der Waals surface area contributed by atoms with Crippen LogP contribution in [0, 0.1) is 5.82 Å². The molecule has 0 fully saturated rings. The van der Waals surface area contributed by atoms with Gasteiger partial charge in [0.25, 0.3) is 0 Å². The zero-order valence-electron chi connectivity index (χ0n) is 10.9. The predicted octanol–water partition coefficient (Wildman–Crippen LogP) is 2.30. The molecule has 1 rings (SSSR count). The molecule has 4 heteroatoms. The molecule has 0 radical (unpaired) electrons. The Hall–Kier alpha value is -1.13. The first-order chi connectivity index (χ1) is 8.77. The summed E-state index contributed by atoms with van der Waals surface area (Å²) in [5.74, 6) is -0.0447. The minimum Gasteiger partial charge on any atom is -0.489 e. The molecular formula is C14H22FNO2. The van der Waals surface area contributed by atoms with Gasteiger partial charge in [-0.1, -0.05) is 25.5 Å². The van der Waals surface area contributed by atoms with E-state index < -0.39 is 0 Å². The molecule has 0 spiro atoms. The fraction of sp³-hybridized carbons (Fsp3) is 0.571. The summed E-state index contributed by atoms with van der Waals surface area (Å²) in [5, 5.41) is 8.95. The lowest BCUT2D eigenvalue weighted by molar-refractivity contribution is 0.165. The van der Waals surface area contributed by atoms with E-state index in [1.807, 2.05) is 0 Å². The number of ether oxygens (including phenoxy) is 1. The van der Waals surface area contributed by atoms with Gasteiger partial charge in [0, 0.05) is 13.1 Å². The number of nitrogens with zero attached hydrogens (tertiary/aromatic N) is 1. The van der Waals surface area contributed by atoms with E-state index in [-0.39, 0.29) is 18.2 Å². The normalized spacial score (nSPS) is 10.9. The average Bonchev–Trinajstić information content (AvgIpc) is 2.38. The first-order valence-electron chi connectivity index (χ1n) is 6.48. The van der Waals surface area contributed by atoms with E-state index in [2.05, 4.69) is 11.8 Å². The molecule has 0 unspecified atom stereocenters. The van der Waals surface area contributed by atoms with Gasteiger partial charge in [0.1, 0.15) is 6.61 Å². The SMILES string of the molecule is CCCCN(CCO)CCOc1ccccc1F. The fourth-order valence-corrected chi connectivity index (χ4v) is 1.71. The Balaban J connectivity index is 2.31. The van der Waals surface area contributed by atoms with Crippen molar-refractivity contribution in [2.24, 2.45) is 0 Å². The predicted molar refractivity (Wildman–Crippen MR) is 70.3 cm³/mol. The molecular weight excluding hydrogens is 233 g/mol. The Kier molecular flexibility index (Phi) is 7.37. The van der Waals surface area contributed by atoms with Crippen LogP contribution in [0.1, 0.15) is 19.8 Å². The maximum absolute atomic E-state index is 13.3. The molecule has 0 saturated carbocycles. The Morgan fingerprint density at radius 3 is 2.67 bits per heavy atom. The van der Waals surface area contributed by atoms with E-state index in [9.17, 15) is 4.39 Å². The molecule has 0 aliphatic rings. The highest BCUT2D eigenvalue weighted by molar-refractivity contribution is 5.23. The molecule has 1 aromatic rings. The van der Waals surface area contributed by atoms with Crippen LogP contribution in [-0.2, 0) is 0 Å². The molecule has 0 bridgehead atoms. The van der Waals surface area contributed by atoms with E-state index in [1.54, 1.807) is 18.2 Å². The van der Waals surface area contributed by atoms with Crippen molar-refractivity contribution in [1.29, 1.82) is 0 Å². The van der Waals surface area contributed by atoms with Crippen molar-refractivity contribution in [3.8, 4) is 5.75 Å². The summed E-state index contributed by atoms with van der Waals surface area (Å²) in [7, 11) is 0. The lowest BCUT2D eigenvalue weighted by atomic mass is 10.3. The highest BCUT2D eigenvalue weighted by Crippen LogP contribution is 2.15. The van der Waals surface area contributed by atoms with Crippen LogP contribution in [-0.4, -0.2) is 42.9 Å². The smallest absolute Gasteiger partial charge is 0.165 e. The molecule has 1 N–H and O–H groups in total. The lowest BCUT2D eigenvalue weighted by Crippen LogP contribution is -2.32. The van der Waals surface area contributed by atoms with Crippen LogP contribution < -0.4 is 4.74 Å². The standard InChI is InChI=1S/C14H22FNO2/c1-2-3-8-16(9-11-17)10-12-18-14-7-5-4-6-13(14)15/h4-7,17H,2-3,8-12H2,1H3. The quantitative estimate of drug-likeness (QED) is 0.735. The molecule has 3 nitrogen and oxygen atoms in total. The summed E-state index contributed by atoms with van der Waals surface area (Å²) in [5.41, 5.74) is 0. The third kappa shape index (κ3) is 5.47. The first kappa shape index (κ1) is 14.9. The van der Waals surface area contributed by atoms with Gasteiger partial charge in [0.2, 0.25) is 0 Å². The number of hydrogen-bond donors (Lipinski definition) is 1. The number of hydrogen-bond acceptors (Lipinski definition) is 3. The Morgan fingerprint density at radius 2 is 2.00 bits per heavy atom. The topological polar surface area (TPSA) is 32.7 Å². The van der Waals surface area contributed by atoms with Crippen molar-refractivity contribution in [3.05, 3.63) is 30.1 Å². The Morgan fingerprint density at radius 1 is 1.22 bits per heavy atom. The van der Waals surface area contributed by atoms with E-state index >= 15 is 0 Å². The number of halogens is 1. The third-order valence-corrected chi connectivity index (χ3v) is 2.75. The first-order valence-corrected chi connectivity index (χ1v) is 6.48. The van der Waals surface area contributed by atoms with E-state index in [0.717, 1.165) is 19.4 Å². The second-order valence-electron chi connectivity index (χ2n) is 4.20. The Bertz CT molecular complexity index is 333. The van der Waals surface area contributed by atoms with Gasteiger partial charge in [-0.25, -0.2) is 4.39 Å². The van der Waals surface area contributed by atoms with Crippen molar-refractivity contribution in [2.75, 3.05) is 32.8 Å². The van der Waals surface area contributed by atoms with Gasteiger partial charge in [-0.3, -0.25) is 4.90 Å². The van der Waals surface area contributed by atoms with Crippen molar-refractivity contribution in [1.82, 2.24) is 4.90 Å². The minimum atomic E-state index is -0.334. The van der Waals surface area contributed by atoms with Crippen LogP contribution in [0.15, 0.2) is 24.3 Å². The number of aliphatic hydroxyl groups excluding tert-OH is 1. The fourth-order valence-electron chi connectivity index (χ4n) is 1.71. The second-order valence-corrected chi connectivity index (χ2v) is 4.20. The zero-order valence-corrected chi connectivity index (χ0v) is 10.9. The maximum Gasteiger partial charge on any atom is 0.165 e.